The highest BCUT2D eigenvalue weighted by Crippen LogP contribution is 2.48. The van der Waals surface area contributed by atoms with Crippen LogP contribution in [0.2, 0.25) is 0 Å². The minimum Gasteiger partial charge on any atom is -0.497 e. The van der Waals surface area contributed by atoms with E-state index in [1.165, 1.54) is 5.57 Å². The van der Waals surface area contributed by atoms with Crippen LogP contribution in [0.3, 0.4) is 0 Å². The zero-order chi connectivity index (χ0) is 18.5. The minimum atomic E-state index is 0.0698. The van der Waals surface area contributed by atoms with Gasteiger partial charge in [-0.2, -0.15) is 5.26 Å². The van der Waals surface area contributed by atoms with Gasteiger partial charge in [0.1, 0.15) is 23.8 Å². The van der Waals surface area contributed by atoms with Crippen molar-refractivity contribution in [2.24, 2.45) is 0 Å². The van der Waals surface area contributed by atoms with Gasteiger partial charge in [0.15, 0.2) is 0 Å². The molecular formula is C22H20N4O. The fraction of sp³-hybridized carbons (Fsp3) is 0.227. The van der Waals surface area contributed by atoms with Crippen LogP contribution in [-0.4, -0.2) is 19.8 Å². The molecule has 1 N–H and O–H groups in total. The van der Waals surface area contributed by atoms with Gasteiger partial charge in [-0.15, -0.1) is 0 Å². The number of para-hydroxylation sites is 2. The topological polar surface area (TPSA) is 51.5 Å². The molecule has 1 atom stereocenters. The Kier molecular flexibility index (Phi) is 3.41. The zero-order valence-electron chi connectivity index (χ0n) is 15.4. The second kappa shape index (κ2) is 5.82. The fourth-order valence-electron chi connectivity index (χ4n) is 4.43. The molecule has 0 amide bonds. The van der Waals surface area contributed by atoms with Crippen molar-refractivity contribution >= 4 is 17.1 Å². The van der Waals surface area contributed by atoms with Crippen LogP contribution in [0.15, 0.2) is 71.1 Å². The number of anilines is 3. The molecule has 0 aliphatic carbocycles. The van der Waals surface area contributed by atoms with Crippen molar-refractivity contribution in [3.8, 4) is 11.8 Å². The van der Waals surface area contributed by atoms with E-state index in [1.807, 2.05) is 24.3 Å². The largest absolute Gasteiger partial charge is 0.497 e. The number of ether oxygens (including phenoxy) is 1. The molecule has 2 aromatic rings. The monoisotopic (exact) mass is 356 g/mol. The molecule has 0 saturated carbocycles. The van der Waals surface area contributed by atoms with Gasteiger partial charge < -0.3 is 15.0 Å². The molecule has 0 radical (unpaired) electrons. The third-order valence-corrected chi connectivity index (χ3v) is 5.72. The van der Waals surface area contributed by atoms with Gasteiger partial charge in [-0.25, -0.2) is 0 Å². The summed E-state index contributed by atoms with van der Waals surface area (Å²) >= 11 is 0. The standard InChI is InChI=1S/C22H20N4O/c1-14-17-10-11-25(15-6-5-7-16(12-15)27-2)22(17)26-20-9-4-3-8-19(20)24-21(26)18(14)13-23/h3-9,12,22,24H,10-11H2,1-2H3. The zero-order valence-corrected chi connectivity index (χ0v) is 15.4. The first-order valence-electron chi connectivity index (χ1n) is 9.13. The van der Waals surface area contributed by atoms with E-state index in [-0.39, 0.29) is 6.17 Å². The van der Waals surface area contributed by atoms with E-state index in [4.69, 9.17) is 4.74 Å². The summed E-state index contributed by atoms with van der Waals surface area (Å²) in [6.07, 6.45) is 1.02. The Balaban J connectivity index is 1.68. The van der Waals surface area contributed by atoms with Crippen molar-refractivity contribution in [1.82, 2.24) is 0 Å². The number of nitrogens with zero attached hydrogens (tertiary/aromatic N) is 3. The summed E-state index contributed by atoms with van der Waals surface area (Å²) in [5.41, 5.74) is 6.45. The van der Waals surface area contributed by atoms with Crippen molar-refractivity contribution in [3.05, 3.63) is 71.1 Å². The summed E-state index contributed by atoms with van der Waals surface area (Å²) in [5, 5.41) is 13.3. The van der Waals surface area contributed by atoms with Crippen LogP contribution in [0.4, 0.5) is 17.1 Å². The molecule has 1 saturated heterocycles. The highest BCUT2D eigenvalue weighted by atomic mass is 16.5. The molecular weight excluding hydrogens is 336 g/mol. The Bertz CT molecular complexity index is 1050. The van der Waals surface area contributed by atoms with Crippen LogP contribution >= 0.6 is 0 Å². The molecule has 5 rings (SSSR count). The van der Waals surface area contributed by atoms with E-state index in [9.17, 15) is 5.26 Å². The van der Waals surface area contributed by atoms with Gasteiger partial charge in [-0.05, 0) is 48.8 Å². The maximum Gasteiger partial charge on any atom is 0.131 e. The second-order valence-electron chi connectivity index (χ2n) is 7.02. The smallest absolute Gasteiger partial charge is 0.131 e. The van der Waals surface area contributed by atoms with Crippen LogP contribution < -0.4 is 19.9 Å². The normalized spacial score (nSPS) is 20.1. The van der Waals surface area contributed by atoms with E-state index in [1.54, 1.807) is 7.11 Å². The number of nitriles is 1. The van der Waals surface area contributed by atoms with Crippen molar-refractivity contribution < 1.29 is 4.74 Å². The summed E-state index contributed by atoms with van der Waals surface area (Å²) in [5.74, 6) is 1.74. The van der Waals surface area contributed by atoms with Gasteiger partial charge in [0, 0.05) is 18.3 Å². The number of allylic oxidation sites excluding steroid dienone is 2. The van der Waals surface area contributed by atoms with E-state index >= 15 is 0 Å². The molecule has 0 aromatic heterocycles. The Morgan fingerprint density at radius 1 is 1.19 bits per heavy atom. The lowest BCUT2D eigenvalue weighted by Crippen LogP contribution is -2.47. The van der Waals surface area contributed by atoms with E-state index in [0.29, 0.717) is 0 Å². The van der Waals surface area contributed by atoms with Gasteiger partial charge in [0.05, 0.1) is 24.1 Å². The summed E-state index contributed by atoms with van der Waals surface area (Å²) < 4.78 is 5.43. The van der Waals surface area contributed by atoms with Crippen LogP contribution in [0.25, 0.3) is 0 Å². The fourth-order valence-corrected chi connectivity index (χ4v) is 4.43. The van der Waals surface area contributed by atoms with Crippen LogP contribution in [0, 0.1) is 11.3 Å². The van der Waals surface area contributed by atoms with Gasteiger partial charge >= 0.3 is 0 Å². The highest BCUT2D eigenvalue weighted by molar-refractivity contribution is 5.86. The molecule has 3 aliphatic heterocycles. The molecule has 27 heavy (non-hydrogen) atoms. The third kappa shape index (κ3) is 2.16. The number of nitrogens with one attached hydrogen (secondary N) is 1. The molecule has 2 aromatic carbocycles. The van der Waals surface area contributed by atoms with Crippen molar-refractivity contribution in [3.63, 3.8) is 0 Å². The highest BCUT2D eigenvalue weighted by Gasteiger charge is 2.45. The third-order valence-electron chi connectivity index (χ3n) is 5.72. The van der Waals surface area contributed by atoms with E-state index in [0.717, 1.165) is 52.7 Å². The lowest BCUT2D eigenvalue weighted by Gasteiger charge is -2.39. The summed E-state index contributed by atoms with van der Waals surface area (Å²) in [6, 6.07) is 18.9. The lowest BCUT2D eigenvalue weighted by molar-refractivity contribution is 0.414. The van der Waals surface area contributed by atoms with Crippen molar-refractivity contribution in [2.45, 2.75) is 19.5 Å². The maximum atomic E-state index is 9.82. The number of hydrogen-bond donors (Lipinski definition) is 1. The SMILES string of the molecule is COc1cccc(N2CCC3=C(C)C(C#N)=C4Nc5ccccc5N4C32)c1. The molecule has 5 heteroatoms. The number of benzene rings is 2. The first-order chi connectivity index (χ1) is 13.2. The Morgan fingerprint density at radius 2 is 2.04 bits per heavy atom. The average molecular weight is 356 g/mol. The average Bonchev–Trinajstić information content (AvgIpc) is 3.30. The van der Waals surface area contributed by atoms with Gasteiger partial charge in [0.25, 0.3) is 0 Å². The van der Waals surface area contributed by atoms with Crippen molar-refractivity contribution in [1.29, 1.82) is 5.26 Å². The first kappa shape index (κ1) is 15.8. The van der Waals surface area contributed by atoms with Crippen LogP contribution in [0.1, 0.15) is 13.3 Å². The summed E-state index contributed by atoms with van der Waals surface area (Å²) in [6.45, 7) is 2.99. The number of hydrogen-bond acceptors (Lipinski definition) is 5. The summed E-state index contributed by atoms with van der Waals surface area (Å²) in [7, 11) is 1.69. The number of methoxy groups -OCH3 is 1. The predicted molar refractivity (Wildman–Crippen MR) is 107 cm³/mol. The Morgan fingerprint density at radius 3 is 2.85 bits per heavy atom. The summed E-state index contributed by atoms with van der Waals surface area (Å²) in [4.78, 5) is 4.68. The quantitative estimate of drug-likeness (QED) is 0.873. The van der Waals surface area contributed by atoms with Gasteiger partial charge in [-0.1, -0.05) is 18.2 Å². The second-order valence-corrected chi connectivity index (χ2v) is 7.02. The molecule has 1 unspecified atom stereocenters. The maximum absolute atomic E-state index is 9.82. The molecule has 3 aliphatic rings. The van der Waals surface area contributed by atoms with Gasteiger partial charge in [0.2, 0.25) is 0 Å². The van der Waals surface area contributed by atoms with Crippen molar-refractivity contribution in [2.75, 3.05) is 28.8 Å². The lowest BCUT2D eigenvalue weighted by atomic mass is 9.95. The molecule has 3 heterocycles. The van der Waals surface area contributed by atoms with Crippen LogP contribution in [0.5, 0.6) is 5.75 Å². The minimum absolute atomic E-state index is 0.0698. The predicted octanol–water partition coefficient (Wildman–Crippen LogP) is 4.23. The molecule has 1 fully saturated rings. The van der Waals surface area contributed by atoms with Gasteiger partial charge in [-0.3, -0.25) is 4.90 Å². The number of rotatable bonds is 2. The Labute approximate surface area is 158 Å². The first-order valence-corrected chi connectivity index (χ1v) is 9.13. The molecule has 5 nitrogen and oxygen atoms in total. The molecule has 0 bridgehead atoms. The van der Waals surface area contributed by atoms with Crippen LogP contribution in [-0.2, 0) is 0 Å². The number of fused-ring (bicyclic) bond motifs is 5. The van der Waals surface area contributed by atoms with E-state index in [2.05, 4.69) is 52.4 Å². The Hall–Kier alpha value is -3.39. The molecule has 134 valence electrons. The molecule has 0 spiro atoms. The van der Waals surface area contributed by atoms with E-state index < -0.39 is 0 Å².